The minimum atomic E-state index is -0.0831. The molecule has 16 heavy (non-hydrogen) atoms. The average Bonchev–Trinajstić information content (AvgIpc) is 2.19. The molecule has 86 valence electrons. The van der Waals surface area contributed by atoms with Crippen LogP contribution in [0.1, 0.15) is 35.2 Å². The number of nitrogens with one attached hydrogen (secondary N) is 1. The first-order valence-electron chi connectivity index (χ1n) is 5.75. The van der Waals surface area contributed by atoms with Crippen LogP contribution in [0.5, 0.6) is 5.75 Å². The van der Waals surface area contributed by atoms with Crippen molar-refractivity contribution in [3.8, 4) is 5.75 Å². The molecule has 1 aromatic rings. The summed E-state index contributed by atoms with van der Waals surface area (Å²) in [5.41, 5.74) is 1.22. The van der Waals surface area contributed by atoms with Gasteiger partial charge >= 0.3 is 0 Å². The molecule has 0 radical (unpaired) electrons. The standard InChI is InChI=1S/C13H17NO2/c1-9-11(6-3-7-12(9)15)13(16)14-8-10-4-2-5-10/h3,6-7,10,15H,2,4-5,8H2,1H3,(H,14,16). The van der Waals surface area contributed by atoms with Gasteiger partial charge in [0, 0.05) is 17.7 Å². The molecule has 0 saturated heterocycles. The monoisotopic (exact) mass is 219 g/mol. The molecule has 1 amide bonds. The number of phenolic OH excluding ortho intramolecular Hbond substituents is 1. The maximum absolute atomic E-state index is 11.8. The molecule has 0 aliphatic heterocycles. The zero-order chi connectivity index (χ0) is 11.5. The largest absolute Gasteiger partial charge is 0.508 e. The molecule has 3 nitrogen and oxygen atoms in total. The lowest BCUT2D eigenvalue weighted by Gasteiger charge is -2.25. The van der Waals surface area contributed by atoms with Gasteiger partial charge in [0.2, 0.25) is 0 Å². The van der Waals surface area contributed by atoms with E-state index in [0.717, 1.165) is 6.54 Å². The molecule has 3 heteroatoms. The highest BCUT2D eigenvalue weighted by Gasteiger charge is 2.19. The van der Waals surface area contributed by atoms with E-state index < -0.39 is 0 Å². The SMILES string of the molecule is Cc1c(O)cccc1C(=O)NCC1CCC1. The number of carbonyl (C=O) groups is 1. The maximum Gasteiger partial charge on any atom is 0.251 e. The lowest BCUT2D eigenvalue weighted by atomic mass is 9.85. The van der Waals surface area contributed by atoms with Crippen LogP contribution in [0.2, 0.25) is 0 Å². The van der Waals surface area contributed by atoms with E-state index in [0.29, 0.717) is 17.0 Å². The van der Waals surface area contributed by atoms with Crippen molar-refractivity contribution in [3.05, 3.63) is 29.3 Å². The fourth-order valence-corrected chi connectivity index (χ4v) is 1.90. The van der Waals surface area contributed by atoms with Gasteiger partial charge in [0.25, 0.3) is 5.91 Å². The van der Waals surface area contributed by atoms with Gasteiger partial charge in [-0.2, -0.15) is 0 Å². The summed E-state index contributed by atoms with van der Waals surface area (Å²) in [6, 6.07) is 5.03. The van der Waals surface area contributed by atoms with Crippen LogP contribution < -0.4 is 5.32 Å². The Balaban J connectivity index is 1.99. The van der Waals surface area contributed by atoms with Crippen molar-refractivity contribution >= 4 is 5.91 Å². The summed E-state index contributed by atoms with van der Waals surface area (Å²) < 4.78 is 0. The van der Waals surface area contributed by atoms with Gasteiger partial charge in [-0.1, -0.05) is 12.5 Å². The normalized spacial score (nSPS) is 15.6. The highest BCUT2D eigenvalue weighted by molar-refractivity contribution is 5.96. The van der Waals surface area contributed by atoms with Gasteiger partial charge in [-0.05, 0) is 37.8 Å². The summed E-state index contributed by atoms with van der Waals surface area (Å²) in [5.74, 6) is 0.748. The van der Waals surface area contributed by atoms with Crippen LogP contribution in [0, 0.1) is 12.8 Å². The number of benzene rings is 1. The molecule has 0 atom stereocenters. The Kier molecular flexibility index (Phi) is 3.13. The van der Waals surface area contributed by atoms with Crippen LogP contribution in [-0.4, -0.2) is 17.6 Å². The third-order valence-corrected chi connectivity index (χ3v) is 3.33. The second-order valence-corrected chi connectivity index (χ2v) is 4.46. The quantitative estimate of drug-likeness (QED) is 0.819. The van der Waals surface area contributed by atoms with E-state index in [1.807, 2.05) is 0 Å². The number of carbonyl (C=O) groups excluding carboxylic acids is 1. The molecule has 1 aliphatic carbocycles. The lowest BCUT2D eigenvalue weighted by Crippen LogP contribution is -2.32. The minimum absolute atomic E-state index is 0.0831. The number of rotatable bonds is 3. The molecular weight excluding hydrogens is 202 g/mol. The molecule has 0 unspecified atom stereocenters. The number of amides is 1. The molecule has 1 saturated carbocycles. The van der Waals surface area contributed by atoms with E-state index in [4.69, 9.17) is 0 Å². The number of hydrogen-bond acceptors (Lipinski definition) is 2. The van der Waals surface area contributed by atoms with Crippen molar-refractivity contribution in [2.24, 2.45) is 5.92 Å². The van der Waals surface area contributed by atoms with Crippen molar-refractivity contribution in [3.63, 3.8) is 0 Å². The minimum Gasteiger partial charge on any atom is -0.508 e. The topological polar surface area (TPSA) is 49.3 Å². The van der Waals surface area contributed by atoms with Crippen molar-refractivity contribution in [1.82, 2.24) is 5.32 Å². The van der Waals surface area contributed by atoms with E-state index in [1.165, 1.54) is 19.3 Å². The summed E-state index contributed by atoms with van der Waals surface area (Å²) in [4.78, 5) is 11.8. The van der Waals surface area contributed by atoms with Gasteiger partial charge < -0.3 is 10.4 Å². The van der Waals surface area contributed by atoms with Crippen LogP contribution in [0.25, 0.3) is 0 Å². The first-order valence-corrected chi connectivity index (χ1v) is 5.75. The van der Waals surface area contributed by atoms with Gasteiger partial charge in [0.1, 0.15) is 5.75 Å². The van der Waals surface area contributed by atoms with E-state index in [-0.39, 0.29) is 11.7 Å². The highest BCUT2D eigenvalue weighted by atomic mass is 16.3. The Morgan fingerprint density at radius 1 is 1.50 bits per heavy atom. The average molecular weight is 219 g/mol. The second-order valence-electron chi connectivity index (χ2n) is 4.46. The Bertz CT molecular complexity index is 397. The summed E-state index contributed by atoms with van der Waals surface area (Å²) in [5, 5.41) is 12.4. The van der Waals surface area contributed by atoms with Gasteiger partial charge in [-0.3, -0.25) is 4.79 Å². The number of aromatic hydroxyl groups is 1. The summed E-state index contributed by atoms with van der Waals surface area (Å²) >= 11 is 0. The molecule has 0 bridgehead atoms. The van der Waals surface area contributed by atoms with Gasteiger partial charge in [0.05, 0.1) is 0 Å². The van der Waals surface area contributed by atoms with E-state index in [9.17, 15) is 9.90 Å². The van der Waals surface area contributed by atoms with Crippen molar-refractivity contribution < 1.29 is 9.90 Å². The molecule has 2 rings (SSSR count). The van der Waals surface area contributed by atoms with E-state index in [2.05, 4.69) is 5.32 Å². The Morgan fingerprint density at radius 3 is 2.88 bits per heavy atom. The van der Waals surface area contributed by atoms with Crippen LogP contribution in [0.15, 0.2) is 18.2 Å². The van der Waals surface area contributed by atoms with Crippen LogP contribution in [0.4, 0.5) is 0 Å². The fraction of sp³-hybridized carbons (Fsp3) is 0.462. The molecule has 1 aliphatic rings. The van der Waals surface area contributed by atoms with Gasteiger partial charge in [-0.25, -0.2) is 0 Å². The van der Waals surface area contributed by atoms with Gasteiger partial charge in [-0.15, -0.1) is 0 Å². The molecule has 1 aromatic carbocycles. The second kappa shape index (κ2) is 4.56. The highest BCUT2D eigenvalue weighted by Crippen LogP contribution is 2.25. The molecule has 0 heterocycles. The molecular formula is C13H17NO2. The Morgan fingerprint density at radius 2 is 2.25 bits per heavy atom. The third-order valence-electron chi connectivity index (χ3n) is 3.33. The van der Waals surface area contributed by atoms with Crippen LogP contribution in [0.3, 0.4) is 0 Å². The molecule has 2 N–H and O–H groups in total. The summed E-state index contributed by atoms with van der Waals surface area (Å²) in [6.07, 6.45) is 3.73. The van der Waals surface area contributed by atoms with Crippen LogP contribution >= 0.6 is 0 Å². The first-order chi connectivity index (χ1) is 7.68. The number of hydrogen-bond donors (Lipinski definition) is 2. The van der Waals surface area contributed by atoms with Crippen molar-refractivity contribution in [2.45, 2.75) is 26.2 Å². The Hall–Kier alpha value is -1.51. The predicted octanol–water partition coefficient (Wildman–Crippen LogP) is 2.23. The third kappa shape index (κ3) is 2.18. The summed E-state index contributed by atoms with van der Waals surface area (Å²) in [6.45, 7) is 2.52. The fourth-order valence-electron chi connectivity index (χ4n) is 1.90. The molecule has 1 fully saturated rings. The zero-order valence-electron chi connectivity index (χ0n) is 9.49. The smallest absolute Gasteiger partial charge is 0.251 e. The lowest BCUT2D eigenvalue weighted by molar-refractivity contribution is 0.0938. The zero-order valence-corrected chi connectivity index (χ0v) is 9.49. The summed E-state index contributed by atoms with van der Waals surface area (Å²) in [7, 11) is 0. The first kappa shape index (κ1) is 11.0. The van der Waals surface area contributed by atoms with E-state index >= 15 is 0 Å². The van der Waals surface area contributed by atoms with Gasteiger partial charge in [0.15, 0.2) is 0 Å². The van der Waals surface area contributed by atoms with E-state index in [1.54, 1.807) is 25.1 Å². The predicted molar refractivity (Wildman–Crippen MR) is 62.5 cm³/mol. The molecule has 0 spiro atoms. The van der Waals surface area contributed by atoms with Crippen molar-refractivity contribution in [1.29, 1.82) is 0 Å². The maximum atomic E-state index is 11.8. The molecule has 0 aromatic heterocycles. The Labute approximate surface area is 95.5 Å². The van der Waals surface area contributed by atoms with Crippen LogP contribution in [-0.2, 0) is 0 Å². The number of phenols is 1. The van der Waals surface area contributed by atoms with Crippen molar-refractivity contribution in [2.75, 3.05) is 6.54 Å².